The molecule has 1 atom stereocenters. The SMILES string of the molecule is CC(C)c1cc(C(C)C(C)C)cs1. The van der Waals surface area contributed by atoms with E-state index in [0.717, 1.165) is 5.92 Å². The fourth-order valence-corrected chi connectivity index (χ4v) is 2.33. The molecule has 0 aliphatic heterocycles. The molecule has 0 aliphatic rings. The molecule has 1 rings (SSSR count). The summed E-state index contributed by atoms with van der Waals surface area (Å²) in [6.45, 7) is 11.4. The standard InChI is InChI=1S/C12H20S/c1-8(2)10(5)11-6-12(9(3)4)13-7-11/h6-10H,1-5H3. The van der Waals surface area contributed by atoms with Crippen LogP contribution in [0, 0.1) is 5.92 Å². The van der Waals surface area contributed by atoms with Gasteiger partial charge in [0.25, 0.3) is 0 Å². The predicted molar refractivity (Wildman–Crippen MR) is 61.7 cm³/mol. The van der Waals surface area contributed by atoms with Crippen LogP contribution in [0.2, 0.25) is 0 Å². The summed E-state index contributed by atoms with van der Waals surface area (Å²) < 4.78 is 0. The maximum atomic E-state index is 2.38. The van der Waals surface area contributed by atoms with E-state index in [9.17, 15) is 0 Å². The molecular formula is C12H20S. The number of hydrogen-bond donors (Lipinski definition) is 0. The molecular weight excluding hydrogens is 176 g/mol. The molecule has 0 N–H and O–H groups in total. The number of rotatable bonds is 3. The van der Waals surface area contributed by atoms with Crippen molar-refractivity contribution >= 4 is 11.3 Å². The third-order valence-electron chi connectivity index (χ3n) is 2.73. The van der Waals surface area contributed by atoms with E-state index < -0.39 is 0 Å². The monoisotopic (exact) mass is 196 g/mol. The van der Waals surface area contributed by atoms with Gasteiger partial charge in [0.1, 0.15) is 0 Å². The van der Waals surface area contributed by atoms with E-state index in [2.05, 4.69) is 46.1 Å². The Balaban J connectivity index is 2.79. The third-order valence-corrected chi connectivity index (χ3v) is 3.99. The van der Waals surface area contributed by atoms with Crippen molar-refractivity contribution in [1.29, 1.82) is 0 Å². The van der Waals surface area contributed by atoms with E-state index >= 15 is 0 Å². The highest BCUT2D eigenvalue weighted by molar-refractivity contribution is 7.10. The lowest BCUT2D eigenvalue weighted by Crippen LogP contribution is -2.00. The van der Waals surface area contributed by atoms with Crippen LogP contribution in [0.25, 0.3) is 0 Å². The molecule has 0 radical (unpaired) electrons. The van der Waals surface area contributed by atoms with Gasteiger partial charge >= 0.3 is 0 Å². The Kier molecular flexibility index (Phi) is 3.55. The van der Waals surface area contributed by atoms with Crippen LogP contribution in [-0.2, 0) is 0 Å². The van der Waals surface area contributed by atoms with Crippen molar-refractivity contribution in [3.63, 3.8) is 0 Å². The lowest BCUT2D eigenvalue weighted by molar-refractivity contribution is 0.536. The molecule has 1 heteroatoms. The highest BCUT2D eigenvalue weighted by Gasteiger charge is 2.12. The Hall–Kier alpha value is -0.300. The van der Waals surface area contributed by atoms with Crippen LogP contribution in [-0.4, -0.2) is 0 Å². The average Bonchev–Trinajstić information content (AvgIpc) is 2.50. The van der Waals surface area contributed by atoms with Gasteiger partial charge in [-0.05, 0) is 34.8 Å². The number of hydrogen-bond acceptors (Lipinski definition) is 1. The number of thiophene rings is 1. The molecule has 0 aromatic carbocycles. The highest BCUT2D eigenvalue weighted by Crippen LogP contribution is 2.30. The fourth-order valence-electron chi connectivity index (χ4n) is 1.29. The Morgan fingerprint density at radius 3 is 2.08 bits per heavy atom. The van der Waals surface area contributed by atoms with E-state index in [0.29, 0.717) is 11.8 Å². The molecule has 0 saturated heterocycles. The summed E-state index contributed by atoms with van der Waals surface area (Å²) in [7, 11) is 0. The minimum atomic E-state index is 0.679. The summed E-state index contributed by atoms with van der Waals surface area (Å²) in [6, 6.07) is 2.38. The molecule has 0 fully saturated rings. The van der Waals surface area contributed by atoms with Gasteiger partial charge in [-0.1, -0.05) is 34.6 Å². The first-order chi connectivity index (χ1) is 6.02. The second kappa shape index (κ2) is 4.28. The molecule has 0 bridgehead atoms. The predicted octanol–water partition coefficient (Wildman–Crippen LogP) is 4.63. The van der Waals surface area contributed by atoms with Crippen molar-refractivity contribution < 1.29 is 0 Å². The normalized spacial score (nSPS) is 14.1. The zero-order chi connectivity index (χ0) is 10.0. The molecule has 1 unspecified atom stereocenters. The van der Waals surface area contributed by atoms with Gasteiger partial charge in [-0.2, -0.15) is 0 Å². The van der Waals surface area contributed by atoms with Crippen molar-refractivity contribution in [2.45, 2.75) is 46.5 Å². The Bertz CT molecular complexity index is 258. The Morgan fingerprint density at radius 1 is 1.08 bits per heavy atom. The van der Waals surface area contributed by atoms with Gasteiger partial charge in [0.2, 0.25) is 0 Å². The average molecular weight is 196 g/mol. The van der Waals surface area contributed by atoms with E-state index in [1.165, 1.54) is 10.4 Å². The van der Waals surface area contributed by atoms with Crippen molar-refractivity contribution in [1.82, 2.24) is 0 Å². The van der Waals surface area contributed by atoms with Gasteiger partial charge in [0.15, 0.2) is 0 Å². The lowest BCUT2D eigenvalue weighted by atomic mass is 9.92. The van der Waals surface area contributed by atoms with E-state index in [-0.39, 0.29) is 0 Å². The van der Waals surface area contributed by atoms with Gasteiger partial charge in [-0.15, -0.1) is 11.3 Å². The van der Waals surface area contributed by atoms with E-state index in [1.807, 2.05) is 11.3 Å². The minimum Gasteiger partial charge on any atom is -0.148 e. The van der Waals surface area contributed by atoms with Gasteiger partial charge in [0.05, 0.1) is 0 Å². The van der Waals surface area contributed by atoms with Gasteiger partial charge in [0, 0.05) is 4.88 Å². The van der Waals surface area contributed by atoms with Crippen molar-refractivity contribution in [3.05, 3.63) is 21.9 Å². The second-order valence-corrected chi connectivity index (χ2v) is 5.41. The largest absolute Gasteiger partial charge is 0.148 e. The van der Waals surface area contributed by atoms with E-state index in [4.69, 9.17) is 0 Å². The minimum absolute atomic E-state index is 0.679. The maximum absolute atomic E-state index is 2.38. The van der Waals surface area contributed by atoms with Gasteiger partial charge in [-0.25, -0.2) is 0 Å². The highest BCUT2D eigenvalue weighted by atomic mass is 32.1. The van der Waals surface area contributed by atoms with Gasteiger partial charge < -0.3 is 0 Å². The third kappa shape index (κ3) is 2.57. The van der Waals surface area contributed by atoms with Gasteiger partial charge in [-0.3, -0.25) is 0 Å². The van der Waals surface area contributed by atoms with Crippen LogP contribution < -0.4 is 0 Å². The molecule has 74 valence electrons. The summed E-state index contributed by atoms with van der Waals surface area (Å²) in [5.74, 6) is 2.12. The fraction of sp³-hybridized carbons (Fsp3) is 0.667. The van der Waals surface area contributed by atoms with Crippen LogP contribution >= 0.6 is 11.3 Å². The Labute approximate surface area is 86.0 Å². The summed E-state index contributed by atoms with van der Waals surface area (Å²) >= 11 is 1.90. The summed E-state index contributed by atoms with van der Waals surface area (Å²) in [4.78, 5) is 1.52. The quantitative estimate of drug-likeness (QED) is 0.661. The molecule has 0 spiro atoms. The van der Waals surface area contributed by atoms with Crippen LogP contribution in [0.1, 0.15) is 56.9 Å². The zero-order valence-corrected chi connectivity index (χ0v) is 10.1. The lowest BCUT2D eigenvalue weighted by Gasteiger charge is -2.13. The topological polar surface area (TPSA) is 0 Å². The molecule has 1 aromatic rings. The summed E-state index contributed by atoms with van der Waals surface area (Å²) in [6.07, 6.45) is 0. The van der Waals surface area contributed by atoms with Crippen LogP contribution in [0.3, 0.4) is 0 Å². The molecule has 0 saturated carbocycles. The van der Waals surface area contributed by atoms with Crippen molar-refractivity contribution in [2.75, 3.05) is 0 Å². The molecule has 0 aliphatic carbocycles. The second-order valence-electron chi connectivity index (χ2n) is 4.47. The smallest absolute Gasteiger partial charge is 0.00736 e. The Morgan fingerprint density at radius 2 is 1.69 bits per heavy atom. The van der Waals surface area contributed by atoms with Crippen LogP contribution in [0.5, 0.6) is 0 Å². The van der Waals surface area contributed by atoms with Crippen molar-refractivity contribution in [2.24, 2.45) is 5.92 Å². The zero-order valence-electron chi connectivity index (χ0n) is 9.29. The van der Waals surface area contributed by atoms with E-state index in [1.54, 1.807) is 0 Å². The van der Waals surface area contributed by atoms with Crippen LogP contribution in [0.15, 0.2) is 11.4 Å². The molecule has 0 nitrogen and oxygen atoms in total. The molecule has 0 amide bonds. The first-order valence-corrected chi connectivity index (χ1v) is 5.98. The first kappa shape index (κ1) is 10.8. The first-order valence-electron chi connectivity index (χ1n) is 5.10. The molecule has 13 heavy (non-hydrogen) atoms. The van der Waals surface area contributed by atoms with Crippen molar-refractivity contribution in [3.8, 4) is 0 Å². The summed E-state index contributed by atoms with van der Waals surface area (Å²) in [5, 5.41) is 2.32. The molecule has 1 heterocycles. The molecule has 1 aromatic heterocycles. The van der Waals surface area contributed by atoms with Crippen LogP contribution in [0.4, 0.5) is 0 Å². The maximum Gasteiger partial charge on any atom is 0.00736 e. The summed E-state index contributed by atoms with van der Waals surface area (Å²) in [5.41, 5.74) is 1.52.